The zero-order valence-electron chi connectivity index (χ0n) is 14.8. The molecule has 5 rings (SSSR count). The van der Waals surface area contributed by atoms with Crippen LogP contribution in [-0.2, 0) is 0 Å². The van der Waals surface area contributed by atoms with Crippen LogP contribution in [0.2, 0.25) is 0 Å². The molecular formula is C24H16Br2O2. The highest BCUT2D eigenvalue weighted by Crippen LogP contribution is 2.31. The lowest BCUT2D eigenvalue weighted by atomic mass is 10.1. The van der Waals surface area contributed by atoms with Crippen molar-refractivity contribution in [2.75, 3.05) is 0 Å². The summed E-state index contributed by atoms with van der Waals surface area (Å²) in [6.07, 6.45) is 0. The highest BCUT2D eigenvalue weighted by Gasteiger charge is 2.05. The summed E-state index contributed by atoms with van der Waals surface area (Å²) in [6.45, 7) is 0. The van der Waals surface area contributed by atoms with E-state index >= 15 is 0 Å². The van der Waals surface area contributed by atoms with Crippen LogP contribution in [-0.4, -0.2) is 5.11 Å². The largest absolute Gasteiger partial charge is 0.507 e. The van der Waals surface area contributed by atoms with E-state index in [-0.39, 0.29) is 0 Å². The number of aromatic hydroxyl groups is 1. The van der Waals surface area contributed by atoms with Crippen molar-refractivity contribution in [3.8, 4) is 16.9 Å². The van der Waals surface area contributed by atoms with Gasteiger partial charge in [0.25, 0.3) is 0 Å². The van der Waals surface area contributed by atoms with Gasteiger partial charge in [-0.1, -0.05) is 80.4 Å². The van der Waals surface area contributed by atoms with E-state index in [1.165, 1.54) is 5.39 Å². The number of phenols is 1. The van der Waals surface area contributed by atoms with Crippen molar-refractivity contribution < 1.29 is 9.52 Å². The number of phenolic OH excluding ortho intramolecular Hbond substituents is 1. The molecule has 0 atom stereocenters. The number of benzene rings is 4. The topological polar surface area (TPSA) is 33.4 Å². The quantitative estimate of drug-likeness (QED) is 0.254. The molecule has 138 valence electrons. The molecule has 2 nitrogen and oxygen atoms in total. The van der Waals surface area contributed by atoms with Crippen molar-refractivity contribution in [3.05, 3.63) is 99.9 Å². The number of rotatable bonds is 1. The molecule has 0 bridgehead atoms. The maximum Gasteiger partial charge on any atom is 0.135 e. The highest BCUT2D eigenvalue weighted by molar-refractivity contribution is 9.10. The minimum absolute atomic E-state index is 0.305. The third-order valence-electron chi connectivity index (χ3n) is 4.38. The van der Waals surface area contributed by atoms with Crippen LogP contribution in [0.15, 0.2) is 104 Å². The second kappa shape index (κ2) is 8.21. The average molecular weight is 496 g/mol. The molecule has 0 spiro atoms. The molecule has 0 aliphatic carbocycles. The maximum atomic E-state index is 9.67. The molecule has 0 aliphatic rings. The van der Waals surface area contributed by atoms with Crippen molar-refractivity contribution >= 4 is 53.8 Å². The summed E-state index contributed by atoms with van der Waals surface area (Å²) in [6, 6.07) is 29.4. The molecule has 4 aromatic carbocycles. The second-order valence-electron chi connectivity index (χ2n) is 6.27. The van der Waals surface area contributed by atoms with Crippen LogP contribution in [0, 0.1) is 0 Å². The van der Waals surface area contributed by atoms with Crippen molar-refractivity contribution in [3.63, 3.8) is 0 Å². The molecule has 28 heavy (non-hydrogen) atoms. The zero-order chi connectivity index (χ0) is 19.5. The van der Waals surface area contributed by atoms with Crippen LogP contribution >= 0.6 is 31.9 Å². The smallest absolute Gasteiger partial charge is 0.135 e. The Morgan fingerprint density at radius 1 is 0.607 bits per heavy atom. The van der Waals surface area contributed by atoms with Gasteiger partial charge in [-0.25, -0.2) is 0 Å². The summed E-state index contributed by atoms with van der Waals surface area (Å²) in [5, 5.41) is 12.0. The predicted octanol–water partition coefficient (Wildman–Crippen LogP) is 8.17. The zero-order valence-corrected chi connectivity index (χ0v) is 17.9. The lowest BCUT2D eigenvalue weighted by Crippen LogP contribution is -1.78. The number of halogens is 2. The Kier molecular flexibility index (Phi) is 5.51. The van der Waals surface area contributed by atoms with Crippen molar-refractivity contribution in [1.82, 2.24) is 0 Å². The molecule has 1 aromatic heterocycles. The molecule has 0 saturated heterocycles. The minimum Gasteiger partial charge on any atom is -0.507 e. The third kappa shape index (κ3) is 3.98. The molecule has 1 heterocycles. The minimum atomic E-state index is 0.305. The molecule has 4 heteroatoms. The molecular weight excluding hydrogens is 480 g/mol. The van der Waals surface area contributed by atoms with Gasteiger partial charge in [-0.2, -0.15) is 0 Å². The Balaban J connectivity index is 0.000000137. The molecule has 0 radical (unpaired) electrons. The molecule has 0 fully saturated rings. The average Bonchev–Trinajstić information content (AvgIpc) is 3.09. The first-order chi connectivity index (χ1) is 13.6. The van der Waals surface area contributed by atoms with Gasteiger partial charge in [0, 0.05) is 25.3 Å². The van der Waals surface area contributed by atoms with Gasteiger partial charge < -0.3 is 9.52 Å². The van der Waals surface area contributed by atoms with Crippen LogP contribution in [0.25, 0.3) is 33.1 Å². The normalized spacial score (nSPS) is 10.6. The summed E-state index contributed by atoms with van der Waals surface area (Å²) in [4.78, 5) is 0. The number of para-hydroxylation sites is 1. The van der Waals surface area contributed by atoms with E-state index in [2.05, 4.69) is 44.0 Å². The molecule has 0 unspecified atom stereocenters. The summed E-state index contributed by atoms with van der Waals surface area (Å²) in [5.74, 6) is 0.305. The Morgan fingerprint density at radius 3 is 2.07 bits per heavy atom. The van der Waals surface area contributed by atoms with E-state index in [0.717, 1.165) is 36.6 Å². The Hall–Kier alpha value is -2.56. The number of hydrogen-bond acceptors (Lipinski definition) is 2. The van der Waals surface area contributed by atoms with Crippen LogP contribution in [0.3, 0.4) is 0 Å². The third-order valence-corrected chi connectivity index (χ3v) is 5.37. The first kappa shape index (κ1) is 18.8. The number of fused-ring (bicyclic) bond motifs is 3. The second-order valence-corrected chi connectivity index (χ2v) is 8.10. The van der Waals surface area contributed by atoms with Crippen LogP contribution in [0.5, 0.6) is 5.75 Å². The Bertz CT molecular complexity index is 1240. The van der Waals surface area contributed by atoms with Gasteiger partial charge in [-0.15, -0.1) is 0 Å². The lowest BCUT2D eigenvalue weighted by Gasteiger charge is -2.04. The van der Waals surface area contributed by atoms with Gasteiger partial charge in [-0.3, -0.25) is 0 Å². The van der Waals surface area contributed by atoms with E-state index in [1.807, 2.05) is 72.8 Å². The first-order valence-corrected chi connectivity index (χ1v) is 10.3. The van der Waals surface area contributed by atoms with E-state index < -0.39 is 0 Å². The fourth-order valence-corrected chi connectivity index (χ4v) is 3.78. The Labute approximate surface area is 179 Å². The standard InChI is InChI=1S/C12H7BrO.C12H9BrO/c13-8-5-6-12-10(7-8)9-3-1-2-4-11(9)14-12;13-10-6-7-12(14)11(8-10)9-4-2-1-3-5-9/h1-7H;1-8,14H. The Morgan fingerprint density at radius 2 is 1.25 bits per heavy atom. The first-order valence-electron chi connectivity index (χ1n) is 8.72. The molecule has 0 saturated carbocycles. The van der Waals surface area contributed by atoms with Gasteiger partial charge in [0.2, 0.25) is 0 Å². The monoisotopic (exact) mass is 494 g/mol. The van der Waals surface area contributed by atoms with Crippen molar-refractivity contribution in [2.24, 2.45) is 0 Å². The lowest BCUT2D eigenvalue weighted by molar-refractivity contribution is 0.477. The van der Waals surface area contributed by atoms with Gasteiger partial charge in [0.15, 0.2) is 0 Å². The number of furan rings is 1. The van der Waals surface area contributed by atoms with Gasteiger partial charge in [0.1, 0.15) is 16.9 Å². The summed E-state index contributed by atoms with van der Waals surface area (Å²) >= 11 is 6.84. The van der Waals surface area contributed by atoms with Gasteiger partial charge in [0.05, 0.1) is 0 Å². The fourth-order valence-electron chi connectivity index (χ4n) is 3.06. The van der Waals surface area contributed by atoms with E-state index in [4.69, 9.17) is 4.42 Å². The van der Waals surface area contributed by atoms with Gasteiger partial charge in [-0.05, 0) is 48.0 Å². The predicted molar refractivity (Wildman–Crippen MR) is 123 cm³/mol. The van der Waals surface area contributed by atoms with Crippen LogP contribution in [0.1, 0.15) is 0 Å². The highest BCUT2D eigenvalue weighted by atomic mass is 79.9. The SMILES string of the molecule is Brc1ccc2oc3ccccc3c2c1.Oc1ccc(Br)cc1-c1ccccc1. The van der Waals surface area contributed by atoms with Crippen LogP contribution < -0.4 is 0 Å². The summed E-state index contributed by atoms with van der Waals surface area (Å²) < 4.78 is 7.73. The van der Waals surface area contributed by atoms with Gasteiger partial charge >= 0.3 is 0 Å². The van der Waals surface area contributed by atoms with E-state index in [1.54, 1.807) is 6.07 Å². The number of hydrogen-bond donors (Lipinski definition) is 1. The van der Waals surface area contributed by atoms with E-state index in [0.29, 0.717) is 5.75 Å². The summed E-state index contributed by atoms with van der Waals surface area (Å²) in [5.41, 5.74) is 3.75. The molecule has 0 aliphatic heterocycles. The summed E-state index contributed by atoms with van der Waals surface area (Å²) in [7, 11) is 0. The van der Waals surface area contributed by atoms with Crippen LogP contribution in [0.4, 0.5) is 0 Å². The maximum absolute atomic E-state index is 9.67. The molecule has 0 amide bonds. The van der Waals surface area contributed by atoms with Crippen molar-refractivity contribution in [1.29, 1.82) is 0 Å². The molecule has 5 aromatic rings. The fraction of sp³-hybridized carbons (Fsp3) is 0. The van der Waals surface area contributed by atoms with E-state index in [9.17, 15) is 5.11 Å². The molecule has 1 N–H and O–H groups in total. The van der Waals surface area contributed by atoms with Crippen molar-refractivity contribution in [2.45, 2.75) is 0 Å².